The molecule has 1 N–H and O–H groups in total. The predicted molar refractivity (Wildman–Crippen MR) is 55.1 cm³/mol. The second kappa shape index (κ2) is 5.29. The van der Waals surface area contributed by atoms with Gasteiger partial charge in [-0.1, -0.05) is 12.1 Å². The van der Waals surface area contributed by atoms with Crippen LogP contribution in [-0.4, -0.2) is 19.2 Å². The predicted octanol–water partition coefficient (Wildman–Crippen LogP) is 1.74. The zero-order valence-electron chi connectivity index (χ0n) is 7.70. The molecule has 2 rings (SSSR count). The first-order valence-electron chi connectivity index (χ1n) is 4.41. The zero-order chi connectivity index (χ0) is 9.10. The molecule has 0 atom stereocenters. The van der Waals surface area contributed by atoms with Gasteiger partial charge in [-0.3, -0.25) is 0 Å². The van der Waals surface area contributed by atoms with Crippen LogP contribution in [-0.2, 0) is 11.3 Å². The Morgan fingerprint density at radius 3 is 2.43 bits per heavy atom. The van der Waals surface area contributed by atoms with Gasteiger partial charge in [0.1, 0.15) is 5.82 Å². The number of nitrogens with one attached hydrogen (secondary N) is 1. The lowest BCUT2D eigenvalue weighted by Crippen LogP contribution is -2.48. The maximum Gasteiger partial charge on any atom is 0.123 e. The molecule has 4 heteroatoms. The molecule has 0 saturated carbocycles. The lowest BCUT2D eigenvalue weighted by Gasteiger charge is -2.27. The van der Waals surface area contributed by atoms with Gasteiger partial charge in [-0.15, -0.1) is 12.4 Å². The summed E-state index contributed by atoms with van der Waals surface area (Å²) in [7, 11) is 0. The molecule has 0 amide bonds. The molecule has 1 aliphatic rings. The van der Waals surface area contributed by atoms with Crippen LogP contribution < -0.4 is 5.32 Å². The van der Waals surface area contributed by atoms with Crippen molar-refractivity contribution in [2.24, 2.45) is 0 Å². The fourth-order valence-corrected chi connectivity index (χ4v) is 1.17. The molecule has 78 valence electrons. The first kappa shape index (κ1) is 11.4. The quantitative estimate of drug-likeness (QED) is 0.833. The summed E-state index contributed by atoms with van der Waals surface area (Å²) in [5, 5.41) is 3.12. The average Bonchev–Trinajstić information content (AvgIpc) is 2.05. The topological polar surface area (TPSA) is 21.3 Å². The first-order chi connectivity index (χ1) is 6.34. The number of benzene rings is 1. The third-order valence-corrected chi connectivity index (χ3v) is 2.14. The summed E-state index contributed by atoms with van der Waals surface area (Å²) >= 11 is 0. The van der Waals surface area contributed by atoms with E-state index in [1.54, 1.807) is 12.1 Å². The maximum absolute atomic E-state index is 12.5. The van der Waals surface area contributed by atoms with Crippen molar-refractivity contribution in [3.63, 3.8) is 0 Å². The highest BCUT2D eigenvalue weighted by Gasteiger charge is 2.16. The van der Waals surface area contributed by atoms with Gasteiger partial charge in [0, 0.05) is 13.1 Å². The van der Waals surface area contributed by atoms with E-state index in [4.69, 9.17) is 4.74 Å². The molecule has 14 heavy (non-hydrogen) atoms. The van der Waals surface area contributed by atoms with Gasteiger partial charge in [-0.05, 0) is 17.7 Å². The Kier molecular flexibility index (Phi) is 4.32. The molecule has 2 nitrogen and oxygen atoms in total. The van der Waals surface area contributed by atoms with Gasteiger partial charge in [0.25, 0.3) is 0 Å². The van der Waals surface area contributed by atoms with Crippen molar-refractivity contribution in [3.8, 4) is 0 Å². The molecule has 0 bridgehead atoms. The van der Waals surface area contributed by atoms with Gasteiger partial charge >= 0.3 is 0 Å². The Labute approximate surface area is 88.9 Å². The van der Waals surface area contributed by atoms with Crippen LogP contribution in [0.2, 0.25) is 0 Å². The third kappa shape index (κ3) is 2.94. The second-order valence-electron chi connectivity index (χ2n) is 3.22. The minimum atomic E-state index is -0.200. The standard InChI is InChI=1S/C10H12FNO.ClH/c11-9-3-1-8(2-4-9)7-13-10-5-12-6-10;/h1-4,10,12H,5-7H2;1H. The van der Waals surface area contributed by atoms with Crippen LogP contribution in [0.25, 0.3) is 0 Å². The molecule has 0 unspecified atom stereocenters. The molecule has 0 aromatic heterocycles. The summed E-state index contributed by atoms with van der Waals surface area (Å²) in [4.78, 5) is 0. The van der Waals surface area contributed by atoms with E-state index >= 15 is 0 Å². The Balaban J connectivity index is 0.000000980. The molecular weight excluding hydrogens is 205 g/mol. The average molecular weight is 218 g/mol. The van der Waals surface area contributed by atoms with Crippen LogP contribution in [0.1, 0.15) is 5.56 Å². The highest BCUT2D eigenvalue weighted by molar-refractivity contribution is 5.85. The molecule has 0 radical (unpaired) electrons. The van der Waals surface area contributed by atoms with Crippen molar-refractivity contribution < 1.29 is 9.13 Å². The molecule has 1 heterocycles. The van der Waals surface area contributed by atoms with Gasteiger partial charge in [-0.2, -0.15) is 0 Å². The molecule has 1 aromatic carbocycles. The Bertz CT molecular complexity index is 274. The number of hydrogen-bond donors (Lipinski definition) is 1. The summed E-state index contributed by atoms with van der Waals surface area (Å²) in [6, 6.07) is 6.41. The fraction of sp³-hybridized carbons (Fsp3) is 0.400. The van der Waals surface area contributed by atoms with Crippen LogP contribution >= 0.6 is 12.4 Å². The first-order valence-corrected chi connectivity index (χ1v) is 4.41. The van der Waals surface area contributed by atoms with Gasteiger partial charge < -0.3 is 10.1 Å². The van der Waals surface area contributed by atoms with E-state index in [1.807, 2.05) is 0 Å². The number of rotatable bonds is 3. The van der Waals surface area contributed by atoms with Crippen molar-refractivity contribution in [1.82, 2.24) is 5.32 Å². The van der Waals surface area contributed by atoms with Crippen LogP contribution in [0.4, 0.5) is 4.39 Å². The van der Waals surface area contributed by atoms with Crippen LogP contribution in [0.15, 0.2) is 24.3 Å². The smallest absolute Gasteiger partial charge is 0.123 e. The molecule has 1 aromatic rings. The van der Waals surface area contributed by atoms with Crippen molar-refractivity contribution in [2.45, 2.75) is 12.7 Å². The highest BCUT2D eigenvalue weighted by atomic mass is 35.5. The summed E-state index contributed by atoms with van der Waals surface area (Å²) in [5.74, 6) is -0.200. The molecule has 0 aliphatic carbocycles. The van der Waals surface area contributed by atoms with Crippen molar-refractivity contribution in [1.29, 1.82) is 0 Å². The third-order valence-electron chi connectivity index (χ3n) is 2.14. The Hall–Kier alpha value is -0.640. The van der Waals surface area contributed by atoms with Gasteiger partial charge in [0.15, 0.2) is 0 Å². The lowest BCUT2D eigenvalue weighted by molar-refractivity contribution is 0.00756. The van der Waals surface area contributed by atoms with E-state index < -0.39 is 0 Å². The minimum Gasteiger partial charge on any atom is -0.371 e. The van der Waals surface area contributed by atoms with Gasteiger partial charge in [0.2, 0.25) is 0 Å². The van der Waals surface area contributed by atoms with E-state index in [-0.39, 0.29) is 18.2 Å². The Morgan fingerprint density at radius 2 is 1.93 bits per heavy atom. The highest BCUT2D eigenvalue weighted by Crippen LogP contribution is 2.07. The minimum absolute atomic E-state index is 0. The fourth-order valence-electron chi connectivity index (χ4n) is 1.17. The van der Waals surface area contributed by atoms with E-state index in [0.717, 1.165) is 18.7 Å². The summed E-state index contributed by atoms with van der Waals surface area (Å²) in [6.45, 7) is 2.44. The summed E-state index contributed by atoms with van der Waals surface area (Å²) in [6.07, 6.45) is 0.338. The summed E-state index contributed by atoms with van der Waals surface area (Å²) in [5.41, 5.74) is 1.02. The number of hydrogen-bond acceptors (Lipinski definition) is 2. The van der Waals surface area contributed by atoms with E-state index in [1.165, 1.54) is 12.1 Å². The lowest BCUT2D eigenvalue weighted by atomic mass is 10.2. The molecule has 1 saturated heterocycles. The van der Waals surface area contributed by atoms with Crippen molar-refractivity contribution in [3.05, 3.63) is 35.6 Å². The summed E-state index contributed by atoms with van der Waals surface area (Å²) < 4.78 is 18.0. The van der Waals surface area contributed by atoms with Crippen LogP contribution in [0, 0.1) is 5.82 Å². The van der Waals surface area contributed by atoms with Crippen LogP contribution in [0.3, 0.4) is 0 Å². The normalized spacial score (nSPS) is 15.8. The van der Waals surface area contributed by atoms with Crippen LogP contribution in [0.5, 0.6) is 0 Å². The maximum atomic E-state index is 12.5. The SMILES string of the molecule is Cl.Fc1ccc(COC2CNC2)cc1. The van der Waals surface area contributed by atoms with E-state index in [9.17, 15) is 4.39 Å². The largest absolute Gasteiger partial charge is 0.371 e. The van der Waals surface area contributed by atoms with E-state index in [2.05, 4.69) is 5.32 Å². The molecule has 1 aliphatic heterocycles. The molecule has 1 fully saturated rings. The zero-order valence-corrected chi connectivity index (χ0v) is 8.52. The van der Waals surface area contributed by atoms with Gasteiger partial charge in [-0.25, -0.2) is 4.39 Å². The Morgan fingerprint density at radius 1 is 1.29 bits per heavy atom. The molecular formula is C10H13ClFNO. The van der Waals surface area contributed by atoms with Crippen molar-refractivity contribution >= 4 is 12.4 Å². The van der Waals surface area contributed by atoms with E-state index in [0.29, 0.717) is 12.7 Å². The number of halogens is 2. The monoisotopic (exact) mass is 217 g/mol. The van der Waals surface area contributed by atoms with Gasteiger partial charge in [0.05, 0.1) is 12.7 Å². The number of ether oxygens (including phenoxy) is 1. The second-order valence-corrected chi connectivity index (χ2v) is 3.22. The van der Waals surface area contributed by atoms with Crippen molar-refractivity contribution in [2.75, 3.05) is 13.1 Å². The molecule has 0 spiro atoms.